The lowest BCUT2D eigenvalue weighted by atomic mass is 10.0. The van der Waals surface area contributed by atoms with E-state index in [1.54, 1.807) is 7.11 Å². The SMILES string of the molecule is CCCCCCCCCCCCCCCCCCCCCCCCCCCCCCCCCCCCOCOC. The largest absolute Gasteiger partial charge is 0.359 e. The van der Waals surface area contributed by atoms with E-state index < -0.39 is 0 Å². The third-order valence-electron chi connectivity index (χ3n) is 8.84. The van der Waals surface area contributed by atoms with Crippen molar-refractivity contribution in [2.75, 3.05) is 20.5 Å². The van der Waals surface area contributed by atoms with Crippen LogP contribution in [0.4, 0.5) is 0 Å². The van der Waals surface area contributed by atoms with Crippen LogP contribution in [0.3, 0.4) is 0 Å². The van der Waals surface area contributed by atoms with Crippen molar-refractivity contribution in [1.82, 2.24) is 0 Å². The second-order valence-corrected chi connectivity index (χ2v) is 13.0. The third-order valence-corrected chi connectivity index (χ3v) is 8.84. The highest BCUT2D eigenvalue weighted by atomic mass is 16.7. The molecular weight excluding hydrogens is 488 g/mol. The van der Waals surface area contributed by atoms with Crippen LogP contribution in [0.15, 0.2) is 0 Å². The molecule has 0 unspecified atom stereocenters. The van der Waals surface area contributed by atoms with Gasteiger partial charge in [-0.1, -0.05) is 219 Å². The molecule has 0 amide bonds. The Balaban J connectivity index is 3.01. The highest BCUT2D eigenvalue weighted by Gasteiger charge is 1.97. The Labute approximate surface area is 254 Å². The number of hydrogen-bond donors (Lipinski definition) is 0. The zero-order chi connectivity index (χ0) is 28.9. The van der Waals surface area contributed by atoms with Crippen LogP contribution in [0, 0.1) is 0 Å². The summed E-state index contributed by atoms with van der Waals surface area (Å²) in [6.45, 7) is 3.61. The van der Waals surface area contributed by atoms with Gasteiger partial charge in [-0.05, 0) is 6.42 Å². The molecule has 0 aromatic heterocycles. The molecule has 0 radical (unpaired) electrons. The number of hydrogen-bond acceptors (Lipinski definition) is 2. The third kappa shape index (κ3) is 37.9. The van der Waals surface area contributed by atoms with Gasteiger partial charge in [0.05, 0.1) is 0 Å². The average molecular weight is 567 g/mol. The van der Waals surface area contributed by atoms with E-state index in [2.05, 4.69) is 6.92 Å². The average Bonchev–Trinajstić information content (AvgIpc) is 2.97. The minimum absolute atomic E-state index is 0.444. The summed E-state index contributed by atoms with van der Waals surface area (Å²) in [5.41, 5.74) is 0. The maximum Gasteiger partial charge on any atom is 0.146 e. The zero-order valence-electron chi connectivity index (χ0n) is 28.3. The van der Waals surface area contributed by atoms with Crippen molar-refractivity contribution < 1.29 is 9.47 Å². The predicted octanol–water partition coefficient (Wildman–Crippen LogP) is 13.9. The first-order chi connectivity index (χ1) is 19.9. The summed E-state index contributed by atoms with van der Waals surface area (Å²) in [5, 5.41) is 0. The summed E-state index contributed by atoms with van der Waals surface area (Å²) in [6, 6.07) is 0. The fourth-order valence-corrected chi connectivity index (χ4v) is 6.08. The molecule has 0 aromatic carbocycles. The van der Waals surface area contributed by atoms with Crippen LogP contribution in [0.25, 0.3) is 0 Å². The van der Waals surface area contributed by atoms with E-state index >= 15 is 0 Å². The first-order valence-corrected chi connectivity index (χ1v) is 19.0. The molecule has 0 heterocycles. The number of methoxy groups -OCH3 is 1. The van der Waals surface area contributed by atoms with Crippen molar-refractivity contribution in [3.63, 3.8) is 0 Å². The van der Waals surface area contributed by atoms with Gasteiger partial charge in [0.15, 0.2) is 0 Å². The molecule has 0 aromatic rings. The van der Waals surface area contributed by atoms with Crippen LogP contribution in [0.5, 0.6) is 0 Å². The van der Waals surface area contributed by atoms with Crippen LogP contribution < -0.4 is 0 Å². The van der Waals surface area contributed by atoms with E-state index in [4.69, 9.17) is 9.47 Å². The minimum atomic E-state index is 0.444. The summed E-state index contributed by atoms with van der Waals surface area (Å²) in [6.07, 6.45) is 49.5. The van der Waals surface area contributed by atoms with Gasteiger partial charge in [0.2, 0.25) is 0 Å². The smallest absolute Gasteiger partial charge is 0.146 e. The summed E-state index contributed by atoms with van der Waals surface area (Å²) < 4.78 is 10.2. The molecule has 0 saturated carbocycles. The van der Waals surface area contributed by atoms with Crippen LogP contribution in [-0.4, -0.2) is 20.5 Å². The Morgan fingerprint density at radius 3 is 0.675 bits per heavy atom. The lowest BCUT2D eigenvalue weighted by molar-refractivity contribution is -0.0315. The summed E-state index contributed by atoms with van der Waals surface area (Å²) in [5.74, 6) is 0. The van der Waals surface area contributed by atoms with Crippen LogP contribution in [-0.2, 0) is 9.47 Å². The second-order valence-electron chi connectivity index (χ2n) is 13.0. The molecule has 2 nitrogen and oxygen atoms in total. The molecule has 0 aliphatic rings. The van der Waals surface area contributed by atoms with E-state index in [0.717, 1.165) is 6.61 Å². The molecule has 0 bridgehead atoms. The van der Waals surface area contributed by atoms with Crippen molar-refractivity contribution in [2.45, 2.75) is 225 Å². The zero-order valence-corrected chi connectivity index (χ0v) is 28.3. The Hall–Kier alpha value is -0.0800. The first kappa shape index (κ1) is 39.9. The van der Waals surface area contributed by atoms with Gasteiger partial charge in [-0.3, -0.25) is 0 Å². The van der Waals surface area contributed by atoms with E-state index in [0.29, 0.717) is 6.79 Å². The van der Waals surface area contributed by atoms with E-state index in [1.807, 2.05) is 0 Å². The Morgan fingerprint density at radius 1 is 0.275 bits per heavy atom. The minimum Gasteiger partial charge on any atom is -0.359 e. The number of ether oxygens (including phenoxy) is 2. The molecule has 0 atom stereocenters. The molecule has 0 rings (SSSR count). The molecule has 0 fully saturated rings. The van der Waals surface area contributed by atoms with Crippen molar-refractivity contribution >= 4 is 0 Å². The van der Waals surface area contributed by atoms with Gasteiger partial charge in [0.25, 0.3) is 0 Å². The van der Waals surface area contributed by atoms with Gasteiger partial charge in [-0.25, -0.2) is 0 Å². The number of rotatable bonds is 37. The van der Waals surface area contributed by atoms with Gasteiger partial charge in [0, 0.05) is 13.7 Å². The van der Waals surface area contributed by atoms with Crippen LogP contribution >= 0.6 is 0 Å². The Morgan fingerprint density at radius 2 is 0.475 bits per heavy atom. The summed E-state index contributed by atoms with van der Waals surface area (Å²) in [4.78, 5) is 0. The molecule has 2 heteroatoms. The maximum atomic E-state index is 5.33. The molecule has 0 N–H and O–H groups in total. The second kappa shape index (κ2) is 38.9. The Kier molecular flexibility index (Phi) is 38.8. The topological polar surface area (TPSA) is 18.5 Å². The van der Waals surface area contributed by atoms with E-state index in [1.165, 1.54) is 218 Å². The molecule has 0 saturated heterocycles. The van der Waals surface area contributed by atoms with Gasteiger partial charge in [0.1, 0.15) is 6.79 Å². The van der Waals surface area contributed by atoms with E-state index in [-0.39, 0.29) is 0 Å². The fraction of sp³-hybridized carbons (Fsp3) is 1.00. The van der Waals surface area contributed by atoms with Gasteiger partial charge >= 0.3 is 0 Å². The predicted molar refractivity (Wildman–Crippen MR) is 180 cm³/mol. The summed E-state index contributed by atoms with van der Waals surface area (Å²) in [7, 11) is 1.68. The van der Waals surface area contributed by atoms with Gasteiger partial charge in [-0.2, -0.15) is 0 Å². The van der Waals surface area contributed by atoms with Crippen molar-refractivity contribution in [1.29, 1.82) is 0 Å². The van der Waals surface area contributed by atoms with Crippen LogP contribution in [0.2, 0.25) is 0 Å². The highest BCUT2D eigenvalue weighted by molar-refractivity contribution is 4.53. The number of unbranched alkanes of at least 4 members (excludes halogenated alkanes) is 33. The molecule has 0 aliphatic carbocycles. The quantitative estimate of drug-likeness (QED) is 0.0550. The van der Waals surface area contributed by atoms with Crippen molar-refractivity contribution in [2.24, 2.45) is 0 Å². The van der Waals surface area contributed by atoms with Gasteiger partial charge in [-0.15, -0.1) is 0 Å². The van der Waals surface area contributed by atoms with Crippen molar-refractivity contribution in [3.05, 3.63) is 0 Å². The van der Waals surface area contributed by atoms with Gasteiger partial charge < -0.3 is 9.47 Å². The monoisotopic (exact) mass is 567 g/mol. The lowest BCUT2D eigenvalue weighted by Crippen LogP contribution is -1.98. The maximum absolute atomic E-state index is 5.33. The normalized spacial score (nSPS) is 11.6. The van der Waals surface area contributed by atoms with Crippen molar-refractivity contribution in [3.8, 4) is 0 Å². The molecular formula is C38H78O2. The Bertz CT molecular complexity index is 372. The molecule has 0 aliphatic heterocycles. The summed E-state index contributed by atoms with van der Waals surface area (Å²) >= 11 is 0. The van der Waals surface area contributed by atoms with E-state index in [9.17, 15) is 0 Å². The standard InChI is InChI=1S/C38H78O2/c1-3-4-5-6-7-8-9-10-11-12-13-14-15-16-17-18-19-20-21-22-23-24-25-26-27-28-29-30-31-32-33-34-35-36-37-40-38-39-2/h3-38H2,1-2H3. The highest BCUT2D eigenvalue weighted by Crippen LogP contribution is 2.17. The van der Waals surface area contributed by atoms with Crippen LogP contribution in [0.1, 0.15) is 225 Å². The molecule has 40 heavy (non-hydrogen) atoms. The lowest BCUT2D eigenvalue weighted by Gasteiger charge is -2.05. The molecule has 0 spiro atoms. The first-order valence-electron chi connectivity index (χ1n) is 19.0. The molecule has 242 valence electrons. The fourth-order valence-electron chi connectivity index (χ4n) is 6.08.